The van der Waals surface area contributed by atoms with E-state index in [9.17, 15) is 8.42 Å². The van der Waals surface area contributed by atoms with Crippen LogP contribution in [0.1, 0.15) is 25.8 Å². The zero-order valence-electron chi connectivity index (χ0n) is 11.3. The summed E-state index contributed by atoms with van der Waals surface area (Å²) in [5, 5.41) is 0. The molecular weight excluding hydrogens is 314 g/mol. The van der Waals surface area contributed by atoms with Gasteiger partial charge < -0.3 is 0 Å². The molecule has 0 saturated carbocycles. The molecule has 0 N–H and O–H groups in total. The van der Waals surface area contributed by atoms with E-state index < -0.39 is 10.0 Å². The maximum Gasteiger partial charge on any atom is 0.243 e. The molecule has 1 rings (SSSR count). The van der Waals surface area contributed by atoms with Crippen molar-refractivity contribution in [3.05, 3.63) is 28.2 Å². The first-order valence-corrected chi connectivity index (χ1v) is 8.21. The predicted octanol–water partition coefficient (Wildman–Crippen LogP) is 3.42. The van der Waals surface area contributed by atoms with E-state index in [2.05, 4.69) is 29.8 Å². The van der Waals surface area contributed by atoms with E-state index in [0.717, 1.165) is 16.5 Å². The molecule has 5 heteroatoms. The van der Waals surface area contributed by atoms with E-state index in [1.54, 1.807) is 13.1 Å². The summed E-state index contributed by atoms with van der Waals surface area (Å²) in [5.41, 5.74) is 0.773. The number of rotatable bonds is 5. The van der Waals surface area contributed by atoms with Gasteiger partial charge in [0.1, 0.15) is 0 Å². The van der Waals surface area contributed by atoms with Gasteiger partial charge in [-0.1, -0.05) is 35.8 Å². The van der Waals surface area contributed by atoms with Crippen LogP contribution in [0.5, 0.6) is 0 Å². The lowest BCUT2D eigenvalue weighted by Crippen LogP contribution is -2.29. The molecule has 0 aliphatic heterocycles. The van der Waals surface area contributed by atoms with Crippen molar-refractivity contribution in [2.75, 3.05) is 13.6 Å². The van der Waals surface area contributed by atoms with Gasteiger partial charge in [0.15, 0.2) is 0 Å². The maximum atomic E-state index is 12.4. The Morgan fingerprint density at radius 2 is 1.94 bits per heavy atom. The highest BCUT2D eigenvalue weighted by molar-refractivity contribution is 9.10. The molecule has 0 unspecified atom stereocenters. The Bertz CT molecular complexity index is 512. The first kappa shape index (κ1) is 15.7. The van der Waals surface area contributed by atoms with E-state index in [1.165, 1.54) is 4.31 Å². The first-order valence-electron chi connectivity index (χ1n) is 5.97. The molecule has 0 heterocycles. The zero-order chi connectivity index (χ0) is 13.9. The molecular formula is C13H20BrNO2S. The summed E-state index contributed by atoms with van der Waals surface area (Å²) in [5.74, 6) is 0.492. The topological polar surface area (TPSA) is 37.4 Å². The Balaban J connectivity index is 3.02. The average molecular weight is 334 g/mol. The van der Waals surface area contributed by atoms with Crippen LogP contribution in [-0.4, -0.2) is 26.3 Å². The van der Waals surface area contributed by atoms with Crippen molar-refractivity contribution in [2.24, 2.45) is 5.92 Å². The molecule has 0 amide bonds. The molecule has 0 radical (unpaired) electrons. The quantitative estimate of drug-likeness (QED) is 0.827. The van der Waals surface area contributed by atoms with Gasteiger partial charge in [0.05, 0.1) is 4.90 Å². The Morgan fingerprint density at radius 3 is 2.50 bits per heavy atom. The van der Waals surface area contributed by atoms with Gasteiger partial charge in [-0.15, -0.1) is 0 Å². The largest absolute Gasteiger partial charge is 0.243 e. The fourth-order valence-electron chi connectivity index (χ4n) is 1.58. The van der Waals surface area contributed by atoms with E-state index in [1.807, 2.05) is 19.1 Å². The zero-order valence-corrected chi connectivity index (χ0v) is 13.7. The Kier molecular flexibility index (Phi) is 5.37. The van der Waals surface area contributed by atoms with Crippen molar-refractivity contribution in [3.63, 3.8) is 0 Å². The lowest BCUT2D eigenvalue weighted by Gasteiger charge is -2.19. The minimum absolute atomic E-state index is 0.378. The summed E-state index contributed by atoms with van der Waals surface area (Å²) in [6, 6.07) is 5.33. The van der Waals surface area contributed by atoms with Crippen LogP contribution in [0.15, 0.2) is 27.6 Å². The molecule has 0 fully saturated rings. The molecule has 3 nitrogen and oxygen atoms in total. The highest BCUT2D eigenvalue weighted by Crippen LogP contribution is 2.23. The van der Waals surface area contributed by atoms with E-state index in [-0.39, 0.29) is 0 Å². The third-order valence-electron chi connectivity index (χ3n) is 2.86. The predicted molar refractivity (Wildman–Crippen MR) is 78.1 cm³/mol. The van der Waals surface area contributed by atoms with Crippen LogP contribution in [0.2, 0.25) is 0 Å². The number of sulfonamides is 1. The lowest BCUT2D eigenvalue weighted by molar-refractivity contribution is 0.428. The molecule has 1 aromatic rings. The molecule has 18 heavy (non-hydrogen) atoms. The van der Waals surface area contributed by atoms with E-state index >= 15 is 0 Å². The number of hydrogen-bond donors (Lipinski definition) is 0. The summed E-state index contributed by atoms with van der Waals surface area (Å²) in [7, 11) is -1.75. The second kappa shape index (κ2) is 6.17. The third kappa shape index (κ3) is 3.80. The number of hydrogen-bond acceptors (Lipinski definition) is 2. The molecule has 0 atom stereocenters. The van der Waals surface area contributed by atoms with Crippen molar-refractivity contribution >= 4 is 26.0 Å². The molecule has 0 aromatic heterocycles. The standard InChI is InChI=1S/C13H20BrNO2S/c1-10(2)7-8-15(4)18(16,17)13-9-12(14)6-5-11(13)3/h5-6,9-10H,7-8H2,1-4H3. The highest BCUT2D eigenvalue weighted by atomic mass is 79.9. The van der Waals surface area contributed by atoms with Crippen LogP contribution in [0.4, 0.5) is 0 Å². The first-order chi connectivity index (χ1) is 8.25. The number of aryl methyl sites for hydroxylation is 1. The minimum Gasteiger partial charge on any atom is -0.207 e. The van der Waals surface area contributed by atoms with Crippen LogP contribution in [0, 0.1) is 12.8 Å². The van der Waals surface area contributed by atoms with Gasteiger partial charge in [-0.25, -0.2) is 12.7 Å². The Morgan fingerprint density at radius 1 is 1.33 bits per heavy atom. The van der Waals surface area contributed by atoms with Gasteiger partial charge in [-0.05, 0) is 37.0 Å². The number of benzene rings is 1. The van der Waals surface area contributed by atoms with E-state index in [4.69, 9.17) is 0 Å². The molecule has 0 spiro atoms. The van der Waals surface area contributed by atoms with Gasteiger partial charge in [0, 0.05) is 18.1 Å². The highest BCUT2D eigenvalue weighted by Gasteiger charge is 2.22. The van der Waals surface area contributed by atoms with Crippen molar-refractivity contribution < 1.29 is 8.42 Å². The Labute approximate surface area is 118 Å². The second-order valence-corrected chi connectivity index (χ2v) is 7.85. The number of nitrogens with zero attached hydrogens (tertiary/aromatic N) is 1. The SMILES string of the molecule is Cc1ccc(Br)cc1S(=O)(=O)N(C)CCC(C)C. The van der Waals surface area contributed by atoms with Crippen molar-refractivity contribution in [1.29, 1.82) is 0 Å². The van der Waals surface area contributed by atoms with Gasteiger partial charge in [-0.2, -0.15) is 0 Å². The fourth-order valence-corrected chi connectivity index (χ4v) is 3.52. The van der Waals surface area contributed by atoms with Crippen molar-refractivity contribution in [3.8, 4) is 0 Å². The van der Waals surface area contributed by atoms with E-state index in [0.29, 0.717) is 17.4 Å². The smallest absolute Gasteiger partial charge is 0.207 e. The maximum absolute atomic E-state index is 12.4. The number of halogens is 1. The van der Waals surface area contributed by atoms with Crippen LogP contribution in [-0.2, 0) is 10.0 Å². The van der Waals surface area contributed by atoms with Crippen LogP contribution < -0.4 is 0 Å². The van der Waals surface area contributed by atoms with Gasteiger partial charge in [0.25, 0.3) is 0 Å². The summed E-state index contributed by atoms with van der Waals surface area (Å²) in [4.78, 5) is 0.378. The molecule has 0 bridgehead atoms. The molecule has 1 aromatic carbocycles. The van der Waals surface area contributed by atoms with Crippen molar-refractivity contribution in [1.82, 2.24) is 4.31 Å². The minimum atomic E-state index is -3.38. The normalized spacial score (nSPS) is 12.4. The van der Waals surface area contributed by atoms with Crippen LogP contribution >= 0.6 is 15.9 Å². The molecule has 102 valence electrons. The molecule has 0 saturated heterocycles. The summed E-state index contributed by atoms with van der Waals surface area (Å²) >= 11 is 3.32. The van der Waals surface area contributed by atoms with Gasteiger partial charge in [-0.3, -0.25) is 0 Å². The average Bonchev–Trinajstić information content (AvgIpc) is 2.28. The van der Waals surface area contributed by atoms with Gasteiger partial charge in [0.2, 0.25) is 10.0 Å². The summed E-state index contributed by atoms with van der Waals surface area (Å²) in [6.07, 6.45) is 0.864. The second-order valence-electron chi connectivity index (χ2n) is 4.92. The van der Waals surface area contributed by atoms with Crippen LogP contribution in [0.25, 0.3) is 0 Å². The molecule has 0 aliphatic rings. The monoisotopic (exact) mass is 333 g/mol. The summed E-state index contributed by atoms with van der Waals surface area (Å²) in [6.45, 7) is 6.54. The van der Waals surface area contributed by atoms with Gasteiger partial charge >= 0.3 is 0 Å². The lowest BCUT2D eigenvalue weighted by atomic mass is 10.1. The van der Waals surface area contributed by atoms with Crippen molar-refractivity contribution in [2.45, 2.75) is 32.1 Å². The molecule has 0 aliphatic carbocycles. The summed E-state index contributed by atoms with van der Waals surface area (Å²) < 4.78 is 27.1. The van der Waals surface area contributed by atoms with Crippen LogP contribution in [0.3, 0.4) is 0 Å². The Hall–Kier alpha value is -0.390. The fraction of sp³-hybridized carbons (Fsp3) is 0.538. The third-order valence-corrected chi connectivity index (χ3v) is 5.35.